The number of nitriles is 1. The second-order valence-corrected chi connectivity index (χ2v) is 4.73. The number of carbonyl (C=O) groups is 1. The van der Waals surface area contributed by atoms with E-state index in [9.17, 15) is 4.79 Å². The molecule has 0 aliphatic heterocycles. The van der Waals surface area contributed by atoms with Crippen molar-refractivity contribution in [2.45, 2.75) is 12.5 Å². The van der Waals surface area contributed by atoms with E-state index >= 15 is 0 Å². The first-order valence-corrected chi connectivity index (χ1v) is 7.05. The van der Waals surface area contributed by atoms with Crippen molar-refractivity contribution >= 4 is 12.0 Å². The molecule has 0 heterocycles. The van der Waals surface area contributed by atoms with Gasteiger partial charge in [-0.3, -0.25) is 4.79 Å². The fourth-order valence-electron chi connectivity index (χ4n) is 2.01. The van der Waals surface area contributed by atoms with Crippen molar-refractivity contribution in [3.8, 4) is 11.8 Å². The number of benzene rings is 1. The summed E-state index contributed by atoms with van der Waals surface area (Å²) >= 11 is 0. The fourth-order valence-corrected chi connectivity index (χ4v) is 2.01. The lowest BCUT2D eigenvalue weighted by molar-refractivity contribution is -0.153. The van der Waals surface area contributed by atoms with Gasteiger partial charge in [0.05, 0.1) is 32.8 Å². The molecule has 1 aromatic carbocycles. The second-order valence-electron chi connectivity index (χ2n) is 4.73. The van der Waals surface area contributed by atoms with Crippen LogP contribution in [-0.2, 0) is 25.4 Å². The van der Waals surface area contributed by atoms with Crippen LogP contribution in [0.4, 0.5) is 0 Å². The molecule has 0 N–H and O–H groups in total. The molecule has 1 aromatic rings. The molecule has 23 heavy (non-hydrogen) atoms. The van der Waals surface area contributed by atoms with E-state index < -0.39 is 6.10 Å². The Morgan fingerprint density at radius 1 is 1.26 bits per heavy atom. The van der Waals surface area contributed by atoms with Crippen molar-refractivity contribution < 1.29 is 23.7 Å². The number of rotatable bonds is 9. The Morgan fingerprint density at radius 2 is 1.96 bits per heavy atom. The van der Waals surface area contributed by atoms with Gasteiger partial charge in [0.1, 0.15) is 11.9 Å². The van der Waals surface area contributed by atoms with Gasteiger partial charge in [-0.05, 0) is 29.3 Å². The van der Waals surface area contributed by atoms with Crippen LogP contribution < -0.4 is 4.74 Å². The molecule has 0 saturated heterocycles. The maximum absolute atomic E-state index is 12.1. The van der Waals surface area contributed by atoms with E-state index in [0.717, 1.165) is 11.1 Å². The van der Waals surface area contributed by atoms with Gasteiger partial charge in [-0.25, -0.2) is 0 Å². The van der Waals surface area contributed by atoms with Crippen LogP contribution in [-0.4, -0.2) is 46.6 Å². The summed E-state index contributed by atoms with van der Waals surface area (Å²) in [5.74, 6) is 0.261. The minimum absolute atomic E-state index is 0.0824. The number of esters is 1. The summed E-state index contributed by atoms with van der Waals surface area (Å²) in [6.07, 6.45) is 2.61. The van der Waals surface area contributed by atoms with Gasteiger partial charge in [0.25, 0.3) is 0 Å². The van der Waals surface area contributed by atoms with Crippen LogP contribution >= 0.6 is 0 Å². The molecule has 0 aliphatic carbocycles. The molecular formula is C17H21NO5. The highest BCUT2D eigenvalue weighted by Gasteiger charge is 2.16. The van der Waals surface area contributed by atoms with Gasteiger partial charge >= 0.3 is 5.97 Å². The molecule has 6 nitrogen and oxygen atoms in total. The predicted molar refractivity (Wildman–Crippen MR) is 85.0 cm³/mol. The largest absolute Gasteiger partial charge is 0.497 e. The van der Waals surface area contributed by atoms with Gasteiger partial charge in [0, 0.05) is 20.3 Å². The topological polar surface area (TPSA) is 77.8 Å². The van der Waals surface area contributed by atoms with Gasteiger partial charge in [-0.2, -0.15) is 5.26 Å². The number of allylic oxidation sites excluding steroid dienone is 1. The van der Waals surface area contributed by atoms with Gasteiger partial charge in [-0.1, -0.05) is 6.07 Å². The first-order valence-electron chi connectivity index (χ1n) is 7.05. The second kappa shape index (κ2) is 10.4. The summed E-state index contributed by atoms with van der Waals surface area (Å²) in [6.45, 7) is 0.534. The molecule has 0 radical (unpaired) electrons. The maximum Gasteiger partial charge on any atom is 0.310 e. The number of carbonyl (C=O) groups excluding carboxylic acids is 1. The number of methoxy groups -OCH3 is 3. The normalized spacial score (nSPS) is 10.7. The van der Waals surface area contributed by atoms with Crippen LogP contribution in [0.15, 0.2) is 24.3 Å². The van der Waals surface area contributed by atoms with Gasteiger partial charge in [0.2, 0.25) is 0 Å². The molecule has 0 aliphatic rings. The van der Waals surface area contributed by atoms with Gasteiger partial charge in [-0.15, -0.1) is 0 Å². The van der Waals surface area contributed by atoms with Crippen LogP contribution in [0.25, 0.3) is 6.08 Å². The third-order valence-corrected chi connectivity index (χ3v) is 3.03. The van der Waals surface area contributed by atoms with E-state index in [-0.39, 0.29) is 25.6 Å². The molecule has 0 amide bonds. The maximum atomic E-state index is 12.1. The molecule has 0 aromatic heterocycles. The highest BCUT2D eigenvalue weighted by atomic mass is 16.6. The molecule has 1 rings (SSSR count). The Hall–Kier alpha value is -2.36. The Bertz CT molecular complexity index is 571. The highest BCUT2D eigenvalue weighted by Crippen LogP contribution is 2.20. The van der Waals surface area contributed by atoms with Crippen LogP contribution in [0.1, 0.15) is 11.1 Å². The lowest BCUT2D eigenvalue weighted by atomic mass is 10.0. The Morgan fingerprint density at radius 3 is 2.52 bits per heavy atom. The Kier molecular flexibility index (Phi) is 8.43. The van der Waals surface area contributed by atoms with Crippen LogP contribution in [0.3, 0.4) is 0 Å². The first-order chi connectivity index (χ1) is 11.1. The number of hydrogen-bond acceptors (Lipinski definition) is 6. The van der Waals surface area contributed by atoms with E-state index in [4.69, 9.17) is 24.2 Å². The van der Waals surface area contributed by atoms with E-state index in [1.165, 1.54) is 20.3 Å². The summed E-state index contributed by atoms with van der Waals surface area (Å²) in [6, 6.07) is 7.23. The Labute approximate surface area is 136 Å². The number of hydrogen-bond donors (Lipinski definition) is 0. The van der Waals surface area contributed by atoms with Crippen LogP contribution in [0, 0.1) is 11.3 Å². The predicted octanol–water partition coefficient (Wildman–Crippen LogP) is 1.98. The van der Waals surface area contributed by atoms with Crippen molar-refractivity contribution in [1.82, 2.24) is 0 Å². The summed E-state index contributed by atoms with van der Waals surface area (Å²) in [5, 5.41) is 8.68. The molecule has 0 bridgehead atoms. The highest BCUT2D eigenvalue weighted by molar-refractivity contribution is 5.75. The fraction of sp³-hybridized carbons (Fsp3) is 0.412. The zero-order valence-corrected chi connectivity index (χ0v) is 13.6. The van der Waals surface area contributed by atoms with Crippen LogP contribution in [0.2, 0.25) is 0 Å². The number of nitrogens with zero attached hydrogens (tertiary/aromatic N) is 1. The Balaban J connectivity index is 2.84. The van der Waals surface area contributed by atoms with Crippen molar-refractivity contribution in [1.29, 1.82) is 5.26 Å². The lowest BCUT2D eigenvalue weighted by Gasteiger charge is -2.16. The van der Waals surface area contributed by atoms with E-state index in [2.05, 4.69) is 0 Å². The average Bonchev–Trinajstić information content (AvgIpc) is 2.54. The van der Waals surface area contributed by atoms with Crippen molar-refractivity contribution in [3.05, 3.63) is 35.4 Å². The molecule has 0 fully saturated rings. The summed E-state index contributed by atoms with van der Waals surface area (Å²) in [4.78, 5) is 12.1. The standard InChI is InChI=1S/C17H21NO5/c1-20-11-16(12-21-2)23-17(19)10-14-6-7-15(22-3)9-13(14)5-4-8-18/h4-7,9,16H,10-12H2,1-3H3/b5-4+. The van der Waals surface area contributed by atoms with Crippen molar-refractivity contribution in [2.24, 2.45) is 0 Å². The molecule has 124 valence electrons. The molecule has 0 spiro atoms. The van der Waals surface area contributed by atoms with Crippen molar-refractivity contribution in [2.75, 3.05) is 34.5 Å². The summed E-state index contributed by atoms with van der Waals surface area (Å²) in [7, 11) is 4.62. The zero-order valence-electron chi connectivity index (χ0n) is 13.6. The minimum Gasteiger partial charge on any atom is -0.497 e. The summed E-state index contributed by atoms with van der Waals surface area (Å²) < 4.78 is 20.5. The first kappa shape index (κ1) is 18.7. The quantitative estimate of drug-likeness (QED) is 0.511. The van der Waals surface area contributed by atoms with E-state index in [0.29, 0.717) is 5.75 Å². The molecule has 0 unspecified atom stereocenters. The smallest absolute Gasteiger partial charge is 0.310 e. The minimum atomic E-state index is -0.450. The lowest BCUT2D eigenvalue weighted by Crippen LogP contribution is -2.28. The van der Waals surface area contributed by atoms with Crippen molar-refractivity contribution in [3.63, 3.8) is 0 Å². The van der Waals surface area contributed by atoms with Gasteiger partial charge < -0.3 is 18.9 Å². The van der Waals surface area contributed by atoms with Crippen LogP contribution in [0.5, 0.6) is 5.75 Å². The molecule has 0 atom stereocenters. The third kappa shape index (κ3) is 6.51. The van der Waals surface area contributed by atoms with E-state index in [1.54, 1.807) is 31.4 Å². The average molecular weight is 319 g/mol. The SMILES string of the molecule is COCC(COC)OC(=O)Cc1ccc(OC)cc1/C=C/C#N. The van der Waals surface area contributed by atoms with Gasteiger partial charge in [0.15, 0.2) is 0 Å². The monoisotopic (exact) mass is 319 g/mol. The van der Waals surface area contributed by atoms with E-state index in [1.807, 2.05) is 6.07 Å². The number of ether oxygens (including phenoxy) is 4. The molecular weight excluding hydrogens is 298 g/mol. The summed E-state index contributed by atoms with van der Waals surface area (Å²) in [5.41, 5.74) is 1.48. The molecule has 0 saturated carbocycles. The third-order valence-electron chi connectivity index (χ3n) is 3.03. The molecule has 6 heteroatoms. The zero-order chi connectivity index (χ0) is 17.1.